The first kappa shape index (κ1) is 17.3. The van der Waals surface area contributed by atoms with Crippen LogP contribution in [0.5, 0.6) is 0 Å². The van der Waals surface area contributed by atoms with Crippen molar-refractivity contribution in [1.82, 2.24) is 9.80 Å². The highest BCUT2D eigenvalue weighted by Crippen LogP contribution is 2.20. The van der Waals surface area contributed by atoms with E-state index < -0.39 is 5.97 Å². The number of carbonyl (C=O) groups excluding carboxylic acids is 1. The summed E-state index contributed by atoms with van der Waals surface area (Å²) in [5, 5.41) is 8.93. The van der Waals surface area contributed by atoms with E-state index in [0.29, 0.717) is 19.6 Å². The molecule has 126 valence electrons. The molecule has 1 fully saturated rings. The van der Waals surface area contributed by atoms with Crippen molar-refractivity contribution in [2.75, 3.05) is 26.2 Å². The number of carboxylic acids is 1. The summed E-state index contributed by atoms with van der Waals surface area (Å²) in [6.45, 7) is 4.08. The predicted molar refractivity (Wildman–Crippen MR) is 86.1 cm³/mol. The van der Waals surface area contributed by atoms with E-state index in [1.54, 1.807) is 4.90 Å². The smallest absolute Gasteiger partial charge is 0.410 e. The summed E-state index contributed by atoms with van der Waals surface area (Å²) >= 11 is 0. The van der Waals surface area contributed by atoms with Gasteiger partial charge >= 0.3 is 12.1 Å². The van der Waals surface area contributed by atoms with Gasteiger partial charge in [-0.25, -0.2) is 4.79 Å². The third-order valence-corrected chi connectivity index (χ3v) is 4.09. The third-order valence-electron chi connectivity index (χ3n) is 4.09. The summed E-state index contributed by atoms with van der Waals surface area (Å²) in [6.07, 6.45) is 1.49. The number of benzene rings is 1. The number of aliphatic carboxylic acids is 1. The number of likely N-dealkylation sites (tertiary alicyclic amines) is 1. The molecular formula is C17H24N2O4. The van der Waals surface area contributed by atoms with Crippen LogP contribution in [0.1, 0.15) is 25.3 Å². The van der Waals surface area contributed by atoms with E-state index in [-0.39, 0.29) is 25.3 Å². The molecule has 1 aromatic rings. The summed E-state index contributed by atoms with van der Waals surface area (Å²) in [7, 11) is 0. The Balaban J connectivity index is 1.87. The zero-order chi connectivity index (χ0) is 16.7. The van der Waals surface area contributed by atoms with Gasteiger partial charge in [0.25, 0.3) is 0 Å². The molecule has 23 heavy (non-hydrogen) atoms. The van der Waals surface area contributed by atoms with Gasteiger partial charge in [0.2, 0.25) is 0 Å². The predicted octanol–water partition coefficient (Wildman–Crippen LogP) is 2.19. The van der Waals surface area contributed by atoms with Crippen molar-refractivity contribution in [3.8, 4) is 0 Å². The molecule has 1 aliphatic rings. The molecule has 0 saturated carbocycles. The minimum absolute atomic E-state index is 0.0000963. The molecular weight excluding hydrogens is 296 g/mol. The zero-order valence-corrected chi connectivity index (χ0v) is 13.5. The van der Waals surface area contributed by atoms with Gasteiger partial charge in [0.05, 0.1) is 6.54 Å². The Bertz CT molecular complexity index is 521. The molecule has 0 bridgehead atoms. The minimum Gasteiger partial charge on any atom is -0.480 e. The molecule has 1 amide bonds. The number of carboxylic acid groups (broad SMARTS) is 1. The largest absolute Gasteiger partial charge is 0.480 e. The third kappa shape index (κ3) is 5.25. The molecule has 1 N–H and O–H groups in total. The Morgan fingerprint density at radius 1 is 1.35 bits per heavy atom. The van der Waals surface area contributed by atoms with Crippen LogP contribution < -0.4 is 0 Å². The van der Waals surface area contributed by atoms with E-state index in [1.807, 2.05) is 42.2 Å². The maximum Gasteiger partial charge on any atom is 0.410 e. The number of likely N-dealkylation sites (N-methyl/N-ethyl adjacent to an activating group) is 1. The van der Waals surface area contributed by atoms with Crippen LogP contribution in [-0.2, 0) is 16.1 Å². The lowest BCUT2D eigenvalue weighted by Crippen LogP contribution is -2.44. The number of carbonyl (C=O) groups is 2. The molecule has 6 heteroatoms. The Hall–Kier alpha value is -2.08. The first-order valence-electron chi connectivity index (χ1n) is 8.01. The number of nitrogens with zero attached hydrogens (tertiary/aromatic N) is 2. The Morgan fingerprint density at radius 2 is 2.09 bits per heavy atom. The van der Waals surface area contributed by atoms with Gasteiger partial charge in [-0.2, -0.15) is 0 Å². The van der Waals surface area contributed by atoms with E-state index in [4.69, 9.17) is 9.84 Å². The fourth-order valence-electron chi connectivity index (χ4n) is 2.86. The van der Waals surface area contributed by atoms with Crippen molar-refractivity contribution in [2.45, 2.75) is 32.4 Å². The monoisotopic (exact) mass is 320 g/mol. The molecule has 0 unspecified atom stereocenters. The van der Waals surface area contributed by atoms with Crippen LogP contribution in [0, 0.1) is 0 Å². The average molecular weight is 320 g/mol. The minimum atomic E-state index is -0.844. The van der Waals surface area contributed by atoms with Crippen LogP contribution >= 0.6 is 0 Å². The summed E-state index contributed by atoms with van der Waals surface area (Å²) in [5.41, 5.74) is 0.956. The Kier molecular flexibility index (Phi) is 6.40. The molecule has 2 rings (SSSR count). The van der Waals surface area contributed by atoms with Crippen LogP contribution in [-0.4, -0.2) is 59.2 Å². The number of hydrogen-bond donors (Lipinski definition) is 1. The Labute approximate surface area is 136 Å². The van der Waals surface area contributed by atoms with E-state index in [0.717, 1.165) is 18.4 Å². The molecule has 1 atom stereocenters. The summed E-state index contributed by atoms with van der Waals surface area (Å²) < 4.78 is 5.39. The fourth-order valence-corrected chi connectivity index (χ4v) is 2.86. The normalized spacial score (nSPS) is 17.5. The SMILES string of the molecule is CCN(CC(=O)O)C[C@@H]1CCCN1C(=O)OCc1ccccc1. The lowest BCUT2D eigenvalue weighted by atomic mass is 10.2. The van der Waals surface area contributed by atoms with Crippen LogP contribution in [0.15, 0.2) is 30.3 Å². The van der Waals surface area contributed by atoms with Crippen molar-refractivity contribution in [3.05, 3.63) is 35.9 Å². The molecule has 0 aromatic heterocycles. The molecule has 1 saturated heterocycles. The second-order valence-electron chi connectivity index (χ2n) is 5.75. The van der Waals surface area contributed by atoms with Crippen LogP contribution in [0.25, 0.3) is 0 Å². The summed E-state index contributed by atoms with van der Waals surface area (Å²) in [5.74, 6) is -0.844. The number of rotatable bonds is 7. The molecule has 1 heterocycles. The maximum absolute atomic E-state index is 12.3. The van der Waals surface area contributed by atoms with Crippen molar-refractivity contribution in [1.29, 1.82) is 0 Å². The molecule has 0 radical (unpaired) electrons. The van der Waals surface area contributed by atoms with Gasteiger partial charge < -0.3 is 14.7 Å². The topological polar surface area (TPSA) is 70.1 Å². The van der Waals surface area contributed by atoms with Gasteiger partial charge in [-0.05, 0) is 24.9 Å². The molecule has 6 nitrogen and oxygen atoms in total. The van der Waals surface area contributed by atoms with E-state index in [1.165, 1.54) is 0 Å². The molecule has 1 aliphatic heterocycles. The fraction of sp³-hybridized carbons (Fsp3) is 0.529. The summed E-state index contributed by atoms with van der Waals surface area (Å²) in [4.78, 5) is 26.7. The summed E-state index contributed by atoms with van der Waals surface area (Å²) in [6, 6.07) is 9.60. The lowest BCUT2D eigenvalue weighted by Gasteiger charge is -2.28. The lowest BCUT2D eigenvalue weighted by molar-refractivity contribution is -0.138. The van der Waals surface area contributed by atoms with Gasteiger partial charge in [0.15, 0.2) is 0 Å². The number of amides is 1. The quantitative estimate of drug-likeness (QED) is 0.834. The molecule has 0 spiro atoms. The zero-order valence-electron chi connectivity index (χ0n) is 13.5. The number of ether oxygens (including phenoxy) is 1. The second-order valence-corrected chi connectivity index (χ2v) is 5.75. The van der Waals surface area contributed by atoms with Gasteiger partial charge in [0.1, 0.15) is 6.61 Å². The van der Waals surface area contributed by atoms with Crippen molar-refractivity contribution in [3.63, 3.8) is 0 Å². The number of hydrogen-bond acceptors (Lipinski definition) is 4. The van der Waals surface area contributed by atoms with Gasteiger partial charge in [-0.1, -0.05) is 37.3 Å². The van der Waals surface area contributed by atoms with E-state index in [2.05, 4.69) is 0 Å². The highest BCUT2D eigenvalue weighted by Gasteiger charge is 2.31. The Morgan fingerprint density at radius 3 is 2.74 bits per heavy atom. The van der Waals surface area contributed by atoms with Crippen molar-refractivity contribution < 1.29 is 19.4 Å². The average Bonchev–Trinajstić information content (AvgIpc) is 3.00. The second kappa shape index (κ2) is 8.53. The van der Waals surface area contributed by atoms with E-state index in [9.17, 15) is 9.59 Å². The van der Waals surface area contributed by atoms with Crippen molar-refractivity contribution in [2.24, 2.45) is 0 Å². The maximum atomic E-state index is 12.3. The van der Waals surface area contributed by atoms with Gasteiger partial charge in [-0.15, -0.1) is 0 Å². The standard InChI is InChI=1S/C17H24N2O4/c1-2-18(12-16(20)21)11-15-9-6-10-19(15)17(22)23-13-14-7-4-3-5-8-14/h3-5,7-8,15H,2,6,9-13H2,1H3,(H,20,21)/t15-/m0/s1. The van der Waals surface area contributed by atoms with Crippen LogP contribution in [0.2, 0.25) is 0 Å². The van der Waals surface area contributed by atoms with Crippen molar-refractivity contribution >= 4 is 12.1 Å². The molecule has 0 aliphatic carbocycles. The van der Waals surface area contributed by atoms with Crippen LogP contribution in [0.3, 0.4) is 0 Å². The highest BCUT2D eigenvalue weighted by atomic mass is 16.6. The van der Waals surface area contributed by atoms with Crippen LogP contribution in [0.4, 0.5) is 4.79 Å². The van der Waals surface area contributed by atoms with Gasteiger partial charge in [-0.3, -0.25) is 9.69 Å². The van der Waals surface area contributed by atoms with Gasteiger partial charge in [0, 0.05) is 19.1 Å². The highest BCUT2D eigenvalue weighted by molar-refractivity contribution is 5.69. The first-order valence-corrected chi connectivity index (χ1v) is 8.01. The first-order chi connectivity index (χ1) is 11.1. The molecule has 1 aromatic carbocycles. The van der Waals surface area contributed by atoms with E-state index >= 15 is 0 Å².